The molecule has 0 saturated carbocycles. The lowest BCUT2D eigenvalue weighted by Crippen LogP contribution is -2.37. The van der Waals surface area contributed by atoms with Crippen LogP contribution in [-0.4, -0.2) is 47.9 Å². The van der Waals surface area contributed by atoms with Crippen LogP contribution in [-0.2, 0) is 4.74 Å². The first kappa shape index (κ1) is 16.4. The van der Waals surface area contributed by atoms with Gasteiger partial charge in [-0.1, -0.05) is 6.92 Å². The largest absolute Gasteiger partial charge is 0.463 e. The van der Waals surface area contributed by atoms with Crippen molar-refractivity contribution in [2.24, 2.45) is 5.84 Å². The normalized spacial score (nSPS) is 12.1. The number of hydrazine groups is 1. The Morgan fingerprint density at radius 2 is 2.05 bits per heavy atom. The smallest absolute Gasteiger partial charge is 0.323 e. The molecule has 1 aromatic heterocycles. The molecule has 1 unspecified atom stereocenters. The first-order valence-electron chi connectivity index (χ1n) is 6.77. The van der Waals surface area contributed by atoms with Gasteiger partial charge in [-0.25, -0.2) is 5.84 Å². The van der Waals surface area contributed by atoms with Gasteiger partial charge in [0, 0.05) is 13.7 Å². The van der Waals surface area contributed by atoms with E-state index in [0.29, 0.717) is 19.2 Å². The number of methoxy groups -OCH3 is 1. The Morgan fingerprint density at radius 1 is 1.30 bits per heavy atom. The lowest BCUT2D eigenvalue weighted by atomic mass is 10.3. The third-order valence-electron chi connectivity index (χ3n) is 2.70. The van der Waals surface area contributed by atoms with Crippen LogP contribution in [0.4, 0.5) is 11.9 Å². The minimum Gasteiger partial charge on any atom is -0.463 e. The minimum absolute atomic E-state index is 0.136. The van der Waals surface area contributed by atoms with Gasteiger partial charge in [-0.3, -0.25) is 5.43 Å². The predicted molar refractivity (Wildman–Crippen MR) is 77.8 cm³/mol. The van der Waals surface area contributed by atoms with Crippen LogP contribution in [0, 0.1) is 0 Å². The molecular formula is C12H24N6O2. The summed E-state index contributed by atoms with van der Waals surface area (Å²) in [6, 6.07) is 0.407. The number of ether oxygens (including phenoxy) is 2. The Labute approximate surface area is 119 Å². The monoisotopic (exact) mass is 284 g/mol. The van der Waals surface area contributed by atoms with Crippen LogP contribution in [0.5, 0.6) is 6.01 Å². The summed E-state index contributed by atoms with van der Waals surface area (Å²) in [5, 5.41) is 0. The molecule has 1 heterocycles. The van der Waals surface area contributed by atoms with Crippen molar-refractivity contribution < 1.29 is 9.47 Å². The summed E-state index contributed by atoms with van der Waals surface area (Å²) in [5.74, 6) is 6.19. The van der Waals surface area contributed by atoms with E-state index in [-0.39, 0.29) is 18.0 Å². The fraction of sp³-hybridized carbons (Fsp3) is 0.750. The van der Waals surface area contributed by atoms with Gasteiger partial charge in [0.2, 0.25) is 11.9 Å². The lowest BCUT2D eigenvalue weighted by Gasteiger charge is -2.27. The van der Waals surface area contributed by atoms with Crippen molar-refractivity contribution in [2.75, 3.05) is 37.2 Å². The molecule has 114 valence electrons. The highest BCUT2D eigenvalue weighted by atomic mass is 16.5. The van der Waals surface area contributed by atoms with Gasteiger partial charge in [-0.05, 0) is 20.3 Å². The molecular weight excluding hydrogens is 260 g/mol. The Hall–Kier alpha value is -1.67. The number of nitrogen functional groups attached to an aromatic ring is 1. The zero-order valence-corrected chi connectivity index (χ0v) is 12.6. The van der Waals surface area contributed by atoms with Crippen molar-refractivity contribution in [2.45, 2.75) is 33.2 Å². The van der Waals surface area contributed by atoms with E-state index in [1.807, 2.05) is 25.7 Å². The second kappa shape index (κ2) is 8.49. The molecule has 20 heavy (non-hydrogen) atoms. The van der Waals surface area contributed by atoms with Gasteiger partial charge < -0.3 is 14.4 Å². The average Bonchev–Trinajstić information content (AvgIpc) is 2.46. The molecule has 8 heteroatoms. The van der Waals surface area contributed by atoms with Crippen LogP contribution in [0.1, 0.15) is 27.2 Å². The molecule has 0 aromatic carbocycles. The molecule has 1 atom stereocenters. The van der Waals surface area contributed by atoms with E-state index in [2.05, 4.69) is 20.4 Å². The van der Waals surface area contributed by atoms with Gasteiger partial charge in [0.15, 0.2) is 0 Å². The maximum absolute atomic E-state index is 5.46. The van der Waals surface area contributed by atoms with Crippen LogP contribution in [0.3, 0.4) is 0 Å². The molecule has 0 aliphatic rings. The quantitative estimate of drug-likeness (QED) is 0.507. The van der Waals surface area contributed by atoms with Crippen molar-refractivity contribution in [1.82, 2.24) is 15.0 Å². The summed E-state index contributed by atoms with van der Waals surface area (Å²) in [6.45, 7) is 7.95. The third kappa shape index (κ3) is 4.46. The Balaban J connectivity index is 3.00. The van der Waals surface area contributed by atoms with Gasteiger partial charge in [-0.15, -0.1) is 0 Å². The molecule has 0 aliphatic heterocycles. The Kier molecular flexibility index (Phi) is 6.96. The lowest BCUT2D eigenvalue weighted by molar-refractivity contribution is 0.181. The molecule has 0 saturated heterocycles. The summed E-state index contributed by atoms with van der Waals surface area (Å²) >= 11 is 0. The zero-order chi connectivity index (χ0) is 15.0. The van der Waals surface area contributed by atoms with Crippen molar-refractivity contribution in [3.05, 3.63) is 0 Å². The van der Waals surface area contributed by atoms with Crippen LogP contribution >= 0.6 is 0 Å². The summed E-state index contributed by atoms with van der Waals surface area (Å²) in [7, 11) is 1.67. The number of likely N-dealkylation sites (N-methyl/N-ethyl adjacent to an activating group) is 1. The highest BCUT2D eigenvalue weighted by Crippen LogP contribution is 2.17. The van der Waals surface area contributed by atoms with E-state index in [4.69, 9.17) is 15.3 Å². The number of nitrogens with two attached hydrogens (primary N) is 1. The number of hydrogen-bond acceptors (Lipinski definition) is 8. The van der Waals surface area contributed by atoms with E-state index in [9.17, 15) is 0 Å². The third-order valence-corrected chi connectivity index (χ3v) is 2.70. The summed E-state index contributed by atoms with van der Waals surface area (Å²) < 4.78 is 10.6. The highest BCUT2D eigenvalue weighted by Gasteiger charge is 2.18. The second-order valence-corrected chi connectivity index (χ2v) is 4.32. The number of nitrogens with one attached hydrogen (secondary N) is 1. The first-order chi connectivity index (χ1) is 9.65. The number of anilines is 2. The number of aromatic nitrogens is 3. The van der Waals surface area contributed by atoms with Crippen LogP contribution in [0.2, 0.25) is 0 Å². The van der Waals surface area contributed by atoms with Crippen molar-refractivity contribution >= 4 is 11.9 Å². The highest BCUT2D eigenvalue weighted by molar-refractivity contribution is 5.38. The minimum atomic E-state index is 0.136. The zero-order valence-electron chi connectivity index (χ0n) is 12.6. The second-order valence-electron chi connectivity index (χ2n) is 4.32. The predicted octanol–water partition coefficient (Wildman–Crippen LogP) is 0.807. The van der Waals surface area contributed by atoms with Gasteiger partial charge in [0.1, 0.15) is 0 Å². The van der Waals surface area contributed by atoms with E-state index in [1.165, 1.54) is 0 Å². The van der Waals surface area contributed by atoms with Crippen LogP contribution in [0.15, 0.2) is 0 Å². The van der Waals surface area contributed by atoms with E-state index in [0.717, 1.165) is 13.0 Å². The van der Waals surface area contributed by atoms with E-state index in [1.54, 1.807) is 7.11 Å². The topological polar surface area (TPSA) is 98.4 Å². The number of hydrogen-bond donors (Lipinski definition) is 2. The SMILES string of the molecule is CCCOc1nc(NN)nc(N(CC)C(C)COC)n1. The van der Waals surface area contributed by atoms with Gasteiger partial charge in [0.25, 0.3) is 0 Å². The molecule has 1 rings (SSSR count). The average molecular weight is 284 g/mol. The summed E-state index contributed by atoms with van der Waals surface area (Å²) in [4.78, 5) is 14.7. The Morgan fingerprint density at radius 3 is 2.60 bits per heavy atom. The van der Waals surface area contributed by atoms with Gasteiger partial charge >= 0.3 is 6.01 Å². The molecule has 0 fully saturated rings. The number of rotatable bonds is 9. The molecule has 0 radical (unpaired) electrons. The molecule has 0 amide bonds. The molecule has 1 aromatic rings. The van der Waals surface area contributed by atoms with E-state index < -0.39 is 0 Å². The fourth-order valence-electron chi connectivity index (χ4n) is 1.78. The molecule has 0 bridgehead atoms. The van der Waals surface area contributed by atoms with Crippen molar-refractivity contribution in [3.8, 4) is 6.01 Å². The molecule has 8 nitrogen and oxygen atoms in total. The van der Waals surface area contributed by atoms with Crippen LogP contribution in [0.25, 0.3) is 0 Å². The first-order valence-corrected chi connectivity index (χ1v) is 6.77. The van der Waals surface area contributed by atoms with Gasteiger partial charge in [-0.2, -0.15) is 15.0 Å². The number of nitrogens with zero attached hydrogens (tertiary/aromatic N) is 4. The maximum Gasteiger partial charge on any atom is 0.323 e. The summed E-state index contributed by atoms with van der Waals surface area (Å²) in [6.07, 6.45) is 0.879. The Bertz CT molecular complexity index is 404. The van der Waals surface area contributed by atoms with E-state index >= 15 is 0 Å². The molecule has 3 N–H and O–H groups in total. The van der Waals surface area contributed by atoms with Gasteiger partial charge in [0.05, 0.1) is 19.3 Å². The summed E-state index contributed by atoms with van der Waals surface area (Å²) in [5.41, 5.74) is 2.43. The van der Waals surface area contributed by atoms with Crippen LogP contribution < -0.4 is 20.9 Å². The molecule has 0 aliphatic carbocycles. The van der Waals surface area contributed by atoms with Crippen molar-refractivity contribution in [1.29, 1.82) is 0 Å². The molecule has 0 spiro atoms. The standard InChI is InChI=1S/C12H24N6O2/c1-5-7-20-12-15-10(17-13)14-11(16-12)18(6-2)9(3)8-19-4/h9H,5-8,13H2,1-4H3,(H,14,15,16,17). The van der Waals surface area contributed by atoms with Crippen molar-refractivity contribution in [3.63, 3.8) is 0 Å². The fourth-order valence-corrected chi connectivity index (χ4v) is 1.78. The maximum atomic E-state index is 5.46.